The molecule has 0 aliphatic rings. The number of H-pyrrole nitrogens is 1. The number of hydrogen-bond acceptors (Lipinski definition) is 3. The van der Waals surface area contributed by atoms with Gasteiger partial charge in [0.1, 0.15) is 6.33 Å². The quantitative estimate of drug-likeness (QED) is 0.645. The maximum Gasteiger partial charge on any atom is 0.216 e. The number of rotatable bonds is 2. The largest absolute Gasteiger partial charge is 0.250 e. The summed E-state index contributed by atoms with van der Waals surface area (Å²) < 4.78 is 1.93. The molecule has 0 radical (unpaired) electrons. The maximum atomic E-state index is 5.76. The number of benzene rings is 1. The molecular weight excluding hydrogens is 232 g/mol. The van der Waals surface area contributed by atoms with Crippen LogP contribution in [0.3, 0.4) is 0 Å². The summed E-state index contributed by atoms with van der Waals surface area (Å²) in [5.74, 6) is 0. The molecule has 0 bridgehead atoms. The molecule has 1 aromatic heterocycles. The molecule has 0 atom stereocenters. The van der Waals surface area contributed by atoms with Gasteiger partial charge in [-0.15, -0.1) is 0 Å². The highest BCUT2D eigenvalue weighted by atomic mass is 35.5. The highest BCUT2D eigenvalue weighted by Crippen LogP contribution is 2.07. The Morgan fingerprint density at radius 3 is 2.73 bits per heavy atom. The first-order valence-corrected chi connectivity index (χ1v) is 4.96. The molecule has 0 saturated heterocycles. The second-order valence-electron chi connectivity index (χ2n) is 2.80. The molecule has 0 spiro atoms. The van der Waals surface area contributed by atoms with Gasteiger partial charge in [0, 0.05) is 5.02 Å². The highest BCUT2D eigenvalue weighted by Gasteiger charge is 1.90. The Labute approximate surface area is 96.2 Å². The number of nitrogens with one attached hydrogen (secondary N) is 1. The van der Waals surface area contributed by atoms with Crippen LogP contribution in [0.2, 0.25) is 5.02 Å². The summed E-state index contributed by atoms with van der Waals surface area (Å²) >= 11 is 10.7. The van der Waals surface area contributed by atoms with Gasteiger partial charge in [-0.05, 0) is 29.9 Å². The van der Waals surface area contributed by atoms with Crippen LogP contribution in [-0.2, 0) is 0 Å². The first-order chi connectivity index (χ1) is 7.25. The van der Waals surface area contributed by atoms with E-state index >= 15 is 0 Å². The Bertz CT molecular complexity index is 526. The van der Waals surface area contributed by atoms with Gasteiger partial charge < -0.3 is 0 Å². The van der Waals surface area contributed by atoms with E-state index in [9.17, 15) is 0 Å². The molecule has 15 heavy (non-hydrogen) atoms. The van der Waals surface area contributed by atoms with Crippen molar-refractivity contribution in [1.29, 1.82) is 0 Å². The van der Waals surface area contributed by atoms with E-state index in [1.54, 1.807) is 18.3 Å². The predicted octanol–water partition coefficient (Wildman–Crippen LogP) is 2.48. The van der Waals surface area contributed by atoms with Gasteiger partial charge in [0.25, 0.3) is 0 Å². The number of nitrogens with zero attached hydrogens (tertiary/aromatic N) is 3. The van der Waals surface area contributed by atoms with Crippen LogP contribution in [0.25, 0.3) is 0 Å². The van der Waals surface area contributed by atoms with Gasteiger partial charge in [-0.25, -0.2) is 0 Å². The molecule has 0 aliphatic heterocycles. The first-order valence-electron chi connectivity index (χ1n) is 4.17. The van der Waals surface area contributed by atoms with Crippen molar-refractivity contribution in [3.63, 3.8) is 0 Å². The van der Waals surface area contributed by atoms with Crippen molar-refractivity contribution in [2.45, 2.75) is 0 Å². The Hall–Kier alpha value is -1.46. The molecule has 0 amide bonds. The number of halogens is 1. The van der Waals surface area contributed by atoms with Crippen LogP contribution in [-0.4, -0.2) is 21.1 Å². The second kappa shape index (κ2) is 4.37. The van der Waals surface area contributed by atoms with Crippen molar-refractivity contribution in [2.24, 2.45) is 5.10 Å². The van der Waals surface area contributed by atoms with E-state index in [4.69, 9.17) is 23.8 Å². The number of aromatic nitrogens is 3. The molecule has 2 aromatic rings. The van der Waals surface area contributed by atoms with Gasteiger partial charge in [-0.3, -0.25) is 5.10 Å². The van der Waals surface area contributed by atoms with E-state index in [0.717, 1.165) is 5.56 Å². The zero-order chi connectivity index (χ0) is 10.7. The van der Waals surface area contributed by atoms with Gasteiger partial charge in [0.05, 0.1) is 6.21 Å². The molecule has 76 valence electrons. The average Bonchev–Trinajstić information content (AvgIpc) is 2.63. The Morgan fingerprint density at radius 1 is 1.40 bits per heavy atom. The third kappa shape index (κ3) is 2.51. The minimum absolute atomic E-state index is 0.459. The van der Waals surface area contributed by atoms with Crippen LogP contribution in [0.5, 0.6) is 0 Å². The van der Waals surface area contributed by atoms with Gasteiger partial charge in [-0.1, -0.05) is 23.7 Å². The molecule has 6 heteroatoms. The Balaban J connectivity index is 2.22. The topological polar surface area (TPSA) is 46.0 Å². The van der Waals surface area contributed by atoms with Crippen molar-refractivity contribution in [3.8, 4) is 0 Å². The highest BCUT2D eigenvalue weighted by molar-refractivity contribution is 7.71. The van der Waals surface area contributed by atoms with Gasteiger partial charge in [0.15, 0.2) is 0 Å². The average molecular weight is 239 g/mol. The zero-order valence-corrected chi connectivity index (χ0v) is 9.16. The molecule has 2 rings (SSSR count). The molecule has 0 aliphatic carbocycles. The van der Waals surface area contributed by atoms with E-state index in [-0.39, 0.29) is 0 Å². The van der Waals surface area contributed by atoms with E-state index < -0.39 is 0 Å². The fourth-order valence-corrected chi connectivity index (χ4v) is 1.28. The molecule has 1 heterocycles. The first kappa shape index (κ1) is 10.1. The summed E-state index contributed by atoms with van der Waals surface area (Å²) in [5.41, 5.74) is 0.947. The normalized spacial score (nSPS) is 11.0. The van der Waals surface area contributed by atoms with Crippen molar-refractivity contribution >= 4 is 30.0 Å². The fraction of sp³-hybridized carbons (Fsp3) is 0. The van der Waals surface area contributed by atoms with E-state index in [2.05, 4.69) is 15.3 Å². The lowest BCUT2D eigenvalue weighted by Gasteiger charge is -1.93. The van der Waals surface area contributed by atoms with Crippen LogP contribution < -0.4 is 0 Å². The summed E-state index contributed by atoms with van der Waals surface area (Å²) in [6.45, 7) is 0. The summed E-state index contributed by atoms with van der Waals surface area (Å²) in [7, 11) is 0. The number of aromatic amines is 1. The summed E-state index contributed by atoms with van der Waals surface area (Å²) in [4.78, 5) is 0. The van der Waals surface area contributed by atoms with E-state index in [0.29, 0.717) is 9.79 Å². The summed E-state index contributed by atoms with van der Waals surface area (Å²) in [6.07, 6.45) is 3.19. The second-order valence-corrected chi connectivity index (χ2v) is 3.63. The van der Waals surface area contributed by atoms with Crippen LogP contribution >= 0.6 is 23.8 Å². The lowest BCUT2D eigenvalue weighted by atomic mass is 10.2. The third-order valence-corrected chi connectivity index (χ3v) is 2.27. The van der Waals surface area contributed by atoms with Crippen LogP contribution in [0, 0.1) is 4.77 Å². The Kier molecular flexibility index (Phi) is 2.94. The van der Waals surface area contributed by atoms with Crippen molar-refractivity contribution < 1.29 is 0 Å². The lowest BCUT2D eigenvalue weighted by Crippen LogP contribution is -1.88. The molecule has 0 fully saturated rings. The fourth-order valence-electron chi connectivity index (χ4n) is 1.00. The smallest absolute Gasteiger partial charge is 0.216 e. The monoisotopic (exact) mass is 238 g/mol. The van der Waals surface area contributed by atoms with E-state index in [1.807, 2.05) is 12.1 Å². The van der Waals surface area contributed by atoms with Gasteiger partial charge in [-0.2, -0.15) is 14.9 Å². The summed E-state index contributed by atoms with van der Waals surface area (Å²) in [5, 5.41) is 11.2. The van der Waals surface area contributed by atoms with Gasteiger partial charge >= 0.3 is 0 Å². The zero-order valence-electron chi connectivity index (χ0n) is 7.59. The van der Waals surface area contributed by atoms with Crippen molar-refractivity contribution in [2.75, 3.05) is 0 Å². The van der Waals surface area contributed by atoms with Crippen LogP contribution in [0.4, 0.5) is 0 Å². The predicted molar refractivity (Wildman–Crippen MR) is 61.9 cm³/mol. The van der Waals surface area contributed by atoms with Crippen molar-refractivity contribution in [3.05, 3.63) is 45.9 Å². The minimum atomic E-state index is 0.459. The SMILES string of the molecule is S=c1[nH]ncn1/N=C/c1ccc(Cl)cc1. The minimum Gasteiger partial charge on any atom is -0.250 e. The molecule has 1 N–H and O–H groups in total. The molecule has 0 saturated carbocycles. The van der Waals surface area contributed by atoms with Crippen LogP contribution in [0.1, 0.15) is 5.56 Å². The molecular formula is C9H7ClN4S. The number of hydrogen-bond donors (Lipinski definition) is 1. The molecule has 0 unspecified atom stereocenters. The molecule has 1 aromatic carbocycles. The van der Waals surface area contributed by atoms with Crippen LogP contribution in [0.15, 0.2) is 35.7 Å². The standard InChI is InChI=1S/C9H7ClN4S/c10-8-3-1-7(2-4-8)5-12-14-6-11-13-9(14)15/h1-6H,(H,13,15)/b12-5+. The van der Waals surface area contributed by atoms with Crippen molar-refractivity contribution in [1.82, 2.24) is 14.9 Å². The molecule has 4 nitrogen and oxygen atoms in total. The lowest BCUT2D eigenvalue weighted by molar-refractivity contribution is 0.863. The summed E-state index contributed by atoms with van der Waals surface area (Å²) in [6, 6.07) is 7.35. The van der Waals surface area contributed by atoms with E-state index in [1.165, 1.54) is 11.0 Å². The Morgan fingerprint density at radius 2 is 2.13 bits per heavy atom. The maximum absolute atomic E-state index is 5.76. The van der Waals surface area contributed by atoms with Gasteiger partial charge in [0.2, 0.25) is 4.77 Å². The third-order valence-electron chi connectivity index (χ3n) is 1.74.